The minimum atomic E-state index is -4.49. The van der Waals surface area contributed by atoms with Crippen LogP contribution in [-0.2, 0) is 20.1 Å². The summed E-state index contributed by atoms with van der Waals surface area (Å²) in [5.74, 6) is -1.78. The van der Waals surface area contributed by atoms with Gasteiger partial charge < -0.3 is 5.32 Å². The summed E-state index contributed by atoms with van der Waals surface area (Å²) in [6, 6.07) is 9.41. The van der Waals surface area contributed by atoms with Gasteiger partial charge in [0, 0.05) is 11.1 Å². The highest BCUT2D eigenvalue weighted by molar-refractivity contribution is 7.94. The lowest BCUT2D eigenvalue weighted by Crippen LogP contribution is -2.32. The average Bonchev–Trinajstić information content (AvgIpc) is 3.65. The first-order valence-corrected chi connectivity index (χ1v) is 17.8. The van der Waals surface area contributed by atoms with Crippen molar-refractivity contribution in [3.05, 3.63) is 90.3 Å². The fourth-order valence-corrected chi connectivity index (χ4v) is 9.59. The van der Waals surface area contributed by atoms with Crippen LogP contribution in [0.1, 0.15) is 76.2 Å². The number of fused-ring (bicyclic) bond motifs is 1. The molecule has 1 aliphatic heterocycles. The molecular weight excluding hydrogens is 661 g/mol. The van der Waals surface area contributed by atoms with E-state index < -0.39 is 36.9 Å². The number of thiophene rings is 2. The summed E-state index contributed by atoms with van der Waals surface area (Å²) in [5.41, 5.74) is 4.07. The van der Waals surface area contributed by atoms with Crippen molar-refractivity contribution in [3.8, 4) is 0 Å². The maximum Gasteiger partial charge on any atom is 0.296 e. The second-order valence-electron chi connectivity index (χ2n) is 10.3. The third-order valence-electron chi connectivity index (χ3n) is 6.76. The first kappa shape index (κ1) is 33.9. The van der Waals surface area contributed by atoms with Crippen molar-refractivity contribution in [1.29, 1.82) is 0 Å². The van der Waals surface area contributed by atoms with E-state index in [-0.39, 0.29) is 37.5 Å². The van der Waals surface area contributed by atoms with Crippen molar-refractivity contribution >= 4 is 77.6 Å². The minimum absolute atomic E-state index is 0.0111. The first-order chi connectivity index (χ1) is 20.9. The molecule has 45 heavy (non-hydrogen) atoms. The molecule has 0 aliphatic carbocycles. The molecule has 5 rings (SSSR count). The zero-order valence-electron chi connectivity index (χ0n) is 24.9. The Morgan fingerprint density at radius 2 is 1.40 bits per heavy atom. The molecule has 236 valence electrons. The van der Waals surface area contributed by atoms with Crippen LogP contribution in [0, 0.1) is 27.7 Å². The number of hydrogen-bond acceptors (Lipinski definition) is 10. The number of sulfonamides is 1. The zero-order chi connectivity index (χ0) is 33.6. The van der Waals surface area contributed by atoms with E-state index in [1.165, 1.54) is 25.3 Å². The van der Waals surface area contributed by atoms with Crippen LogP contribution in [0.3, 0.4) is 0 Å². The summed E-state index contributed by atoms with van der Waals surface area (Å²) in [4.78, 5) is 48.2. The number of benzene rings is 2. The molecule has 0 saturated carbocycles. The predicted molar refractivity (Wildman–Crippen MR) is 172 cm³/mol. The molecule has 0 saturated heterocycles. The second-order valence-corrected chi connectivity index (χ2v) is 15.3. The van der Waals surface area contributed by atoms with Crippen LogP contribution >= 0.6 is 22.7 Å². The third-order valence-corrected chi connectivity index (χ3v) is 11.5. The van der Waals surface area contributed by atoms with Gasteiger partial charge in [-0.2, -0.15) is 12.7 Å². The van der Waals surface area contributed by atoms with Gasteiger partial charge in [0.1, 0.15) is 19.5 Å². The molecule has 2 amide bonds. The molecule has 0 bridgehead atoms. The highest BCUT2D eigenvalue weighted by Gasteiger charge is 2.45. The number of ketones is 2. The standard InChI is InChI=1S/C15H15NO5S2.C15H13NO4S2/c1-8-6-9(2)13(11(7-8)10(3)17)16-15(18)14-12(4-5-22-14)23(19,20)21;1-8-6-9(2)13(11(7-8)10(3)17)16-15(18)14-12(4-5-21-14)22(16,19)20/h4-7H,1-3H3,(H,16,18)(H,19,20,21);4-7H,1-3H3. The number of amides is 2. The Kier molecular flexibility index (Phi) is 9.33. The van der Waals surface area contributed by atoms with Crippen LogP contribution in [-0.4, -0.2) is 44.8 Å². The van der Waals surface area contributed by atoms with Crippen molar-refractivity contribution in [1.82, 2.24) is 0 Å². The second kappa shape index (κ2) is 12.4. The number of nitrogens with zero attached hydrogens (tertiary/aromatic N) is 1. The third kappa shape index (κ3) is 6.53. The summed E-state index contributed by atoms with van der Waals surface area (Å²) in [7, 11) is -8.44. The molecular formula is C30H28N2O9S4. The summed E-state index contributed by atoms with van der Waals surface area (Å²) in [6.45, 7) is 9.84. The number of rotatable bonds is 6. The normalized spacial score (nSPS) is 13.6. The van der Waals surface area contributed by atoms with E-state index in [9.17, 15) is 36.0 Å². The van der Waals surface area contributed by atoms with E-state index in [4.69, 9.17) is 4.55 Å². The largest absolute Gasteiger partial charge is 0.320 e. The first-order valence-electron chi connectivity index (χ1n) is 13.1. The molecule has 1 aliphatic rings. The van der Waals surface area contributed by atoms with Crippen molar-refractivity contribution in [2.24, 2.45) is 0 Å². The fourth-order valence-electron chi connectivity index (χ4n) is 4.92. The lowest BCUT2D eigenvalue weighted by atomic mass is 10.0. The van der Waals surface area contributed by atoms with Crippen LogP contribution in [0.15, 0.2) is 56.9 Å². The highest BCUT2D eigenvalue weighted by Crippen LogP contribution is 2.40. The number of Topliss-reactive ketones (excluding diaryl/α,β-unsaturated/α-hetero) is 2. The monoisotopic (exact) mass is 688 g/mol. The van der Waals surface area contributed by atoms with Crippen molar-refractivity contribution in [3.63, 3.8) is 0 Å². The van der Waals surface area contributed by atoms with E-state index in [0.29, 0.717) is 22.4 Å². The van der Waals surface area contributed by atoms with Gasteiger partial charge in [0.2, 0.25) is 0 Å². The Bertz CT molecular complexity index is 2130. The predicted octanol–water partition coefficient (Wildman–Crippen LogP) is 5.98. The van der Waals surface area contributed by atoms with Gasteiger partial charge in [0.05, 0.1) is 11.4 Å². The molecule has 4 aromatic rings. The lowest BCUT2D eigenvalue weighted by Gasteiger charge is -2.21. The Labute approximate surface area is 268 Å². The molecule has 0 atom stereocenters. The van der Waals surface area contributed by atoms with Gasteiger partial charge in [-0.15, -0.1) is 22.7 Å². The Morgan fingerprint density at radius 1 is 0.844 bits per heavy atom. The van der Waals surface area contributed by atoms with E-state index in [2.05, 4.69) is 5.32 Å². The van der Waals surface area contributed by atoms with Crippen LogP contribution < -0.4 is 9.62 Å². The van der Waals surface area contributed by atoms with Gasteiger partial charge >= 0.3 is 0 Å². The molecule has 15 heteroatoms. The highest BCUT2D eigenvalue weighted by atomic mass is 32.2. The number of anilines is 2. The Morgan fingerprint density at radius 3 is 1.96 bits per heavy atom. The fraction of sp³-hybridized carbons (Fsp3) is 0.200. The van der Waals surface area contributed by atoms with Crippen LogP contribution in [0.25, 0.3) is 0 Å². The van der Waals surface area contributed by atoms with Gasteiger partial charge in [0.15, 0.2) is 11.6 Å². The molecule has 0 spiro atoms. The molecule has 0 unspecified atom stereocenters. The molecule has 2 aromatic carbocycles. The smallest absolute Gasteiger partial charge is 0.296 e. The zero-order valence-corrected chi connectivity index (χ0v) is 28.2. The van der Waals surface area contributed by atoms with E-state index in [1.807, 2.05) is 13.8 Å². The number of hydrogen-bond donors (Lipinski definition) is 2. The van der Waals surface area contributed by atoms with E-state index in [0.717, 1.165) is 44.2 Å². The van der Waals surface area contributed by atoms with E-state index >= 15 is 0 Å². The topological polar surface area (TPSA) is 172 Å². The summed E-state index contributed by atoms with van der Waals surface area (Å²) in [5, 5.41) is 5.55. The van der Waals surface area contributed by atoms with Crippen molar-refractivity contribution in [2.75, 3.05) is 9.62 Å². The van der Waals surface area contributed by atoms with E-state index in [1.54, 1.807) is 43.5 Å². The van der Waals surface area contributed by atoms with Crippen LogP contribution in [0.4, 0.5) is 11.4 Å². The molecule has 3 heterocycles. The maximum absolute atomic E-state index is 12.7. The van der Waals surface area contributed by atoms with Crippen LogP contribution in [0.5, 0.6) is 0 Å². The average molecular weight is 689 g/mol. The van der Waals surface area contributed by atoms with Crippen LogP contribution in [0.2, 0.25) is 0 Å². The van der Waals surface area contributed by atoms with Gasteiger partial charge in [-0.3, -0.25) is 23.7 Å². The van der Waals surface area contributed by atoms with Gasteiger partial charge in [-0.25, -0.2) is 8.42 Å². The van der Waals surface area contributed by atoms with Gasteiger partial charge in [0.25, 0.3) is 32.0 Å². The lowest BCUT2D eigenvalue weighted by molar-refractivity contribution is 0.0998. The summed E-state index contributed by atoms with van der Waals surface area (Å²) in [6.07, 6.45) is 0. The molecule has 0 fully saturated rings. The number of nitrogens with one attached hydrogen (secondary N) is 1. The number of carbonyl (C=O) groups is 4. The molecule has 2 aromatic heterocycles. The molecule has 0 radical (unpaired) electrons. The quantitative estimate of drug-likeness (QED) is 0.182. The number of aryl methyl sites for hydroxylation is 4. The van der Waals surface area contributed by atoms with Gasteiger partial charge in [-0.05, 0) is 98.8 Å². The van der Waals surface area contributed by atoms with Gasteiger partial charge in [-0.1, -0.05) is 12.1 Å². The summed E-state index contributed by atoms with van der Waals surface area (Å²) < 4.78 is 57.8. The maximum atomic E-state index is 12.7. The Hall–Kier alpha value is -4.02. The van der Waals surface area contributed by atoms with Crippen molar-refractivity contribution in [2.45, 2.75) is 51.3 Å². The SMILES string of the molecule is CC(=O)c1cc(C)cc(C)c1N1C(=O)c2sccc2S1(=O)=O.CC(=O)c1cc(C)cc(C)c1NC(=O)c1sccc1S(=O)(=O)O. The van der Waals surface area contributed by atoms with Crippen molar-refractivity contribution < 1.29 is 40.6 Å². The minimum Gasteiger partial charge on any atom is -0.320 e. The number of carbonyl (C=O) groups excluding carboxylic acids is 4. The summed E-state index contributed by atoms with van der Waals surface area (Å²) >= 11 is 1.98. The molecule has 11 nitrogen and oxygen atoms in total. The Balaban J connectivity index is 0.000000205. The molecule has 2 N–H and O–H groups in total.